The molecule has 0 saturated heterocycles. The molecule has 4 nitrogen and oxygen atoms in total. The number of carbonyl (C=O) groups is 1. The number of hydrogen-bond acceptors (Lipinski definition) is 4. The van der Waals surface area contributed by atoms with Gasteiger partial charge in [0.25, 0.3) is 0 Å². The maximum Gasteiger partial charge on any atom is 0.186 e. The van der Waals surface area contributed by atoms with E-state index < -0.39 is 0 Å². The van der Waals surface area contributed by atoms with Gasteiger partial charge in [0.05, 0.1) is 17.4 Å². The Balaban J connectivity index is 1.51. The fourth-order valence-electron chi connectivity index (χ4n) is 2.84. The van der Waals surface area contributed by atoms with Gasteiger partial charge in [0.2, 0.25) is 0 Å². The van der Waals surface area contributed by atoms with Crippen molar-refractivity contribution < 1.29 is 4.79 Å². The summed E-state index contributed by atoms with van der Waals surface area (Å²) >= 11 is 1.44. The maximum absolute atomic E-state index is 12.1. The molecule has 2 heterocycles. The molecule has 0 unspecified atom stereocenters. The molecule has 0 amide bonds. The zero-order valence-electron chi connectivity index (χ0n) is 14.3. The molecule has 0 radical (unpaired) electrons. The molecule has 2 aromatic carbocycles. The highest BCUT2D eigenvalue weighted by Gasteiger charge is 2.10. The van der Waals surface area contributed by atoms with Crippen molar-refractivity contribution in [1.29, 1.82) is 0 Å². The first-order valence-electron chi connectivity index (χ1n) is 8.32. The summed E-state index contributed by atoms with van der Waals surface area (Å²) in [5.41, 5.74) is 7.47. The molecule has 5 heteroatoms. The third-order valence-corrected chi connectivity index (χ3v) is 4.80. The summed E-state index contributed by atoms with van der Waals surface area (Å²) in [4.78, 5) is 24.1. The SMILES string of the molecule is Cc1cccc(-c2ncc(-c3ccc(CC(=O)c4cscn4)cc3)[nH]2)c1. The zero-order chi connectivity index (χ0) is 17.9. The molecule has 0 aliphatic heterocycles. The van der Waals surface area contributed by atoms with Crippen LogP contribution < -0.4 is 0 Å². The largest absolute Gasteiger partial charge is 0.338 e. The van der Waals surface area contributed by atoms with Crippen LogP contribution in [0.25, 0.3) is 22.6 Å². The summed E-state index contributed by atoms with van der Waals surface area (Å²) in [6.45, 7) is 2.07. The van der Waals surface area contributed by atoms with Gasteiger partial charge in [-0.3, -0.25) is 4.79 Å². The van der Waals surface area contributed by atoms with Crippen LogP contribution in [0.4, 0.5) is 0 Å². The van der Waals surface area contributed by atoms with Crippen LogP contribution in [0.3, 0.4) is 0 Å². The maximum atomic E-state index is 12.1. The Hall–Kier alpha value is -3.05. The molecule has 0 aliphatic carbocycles. The van der Waals surface area contributed by atoms with E-state index in [9.17, 15) is 4.79 Å². The number of ketones is 1. The second kappa shape index (κ2) is 7.06. The fourth-order valence-corrected chi connectivity index (χ4v) is 3.39. The molecule has 4 aromatic rings. The van der Waals surface area contributed by atoms with Gasteiger partial charge in [0.1, 0.15) is 11.5 Å². The first-order valence-corrected chi connectivity index (χ1v) is 9.26. The van der Waals surface area contributed by atoms with Crippen molar-refractivity contribution in [2.24, 2.45) is 0 Å². The third-order valence-electron chi connectivity index (χ3n) is 4.21. The normalized spacial score (nSPS) is 10.8. The van der Waals surface area contributed by atoms with E-state index in [1.54, 1.807) is 10.9 Å². The molecule has 0 atom stereocenters. The first-order chi connectivity index (χ1) is 12.7. The zero-order valence-corrected chi connectivity index (χ0v) is 15.1. The number of aryl methyl sites for hydroxylation is 1. The van der Waals surface area contributed by atoms with E-state index in [0.717, 1.165) is 28.2 Å². The van der Waals surface area contributed by atoms with Crippen LogP contribution in [0, 0.1) is 6.92 Å². The van der Waals surface area contributed by atoms with E-state index in [1.807, 2.05) is 42.6 Å². The van der Waals surface area contributed by atoms with Crippen LogP contribution in [0.5, 0.6) is 0 Å². The second-order valence-corrected chi connectivity index (χ2v) is 6.90. The highest BCUT2D eigenvalue weighted by atomic mass is 32.1. The Morgan fingerprint density at radius 1 is 1.08 bits per heavy atom. The number of rotatable bonds is 5. The van der Waals surface area contributed by atoms with E-state index in [0.29, 0.717) is 12.1 Å². The van der Waals surface area contributed by atoms with Crippen LogP contribution in [-0.4, -0.2) is 20.7 Å². The Morgan fingerprint density at radius 3 is 2.65 bits per heavy atom. The van der Waals surface area contributed by atoms with Crippen molar-refractivity contribution in [3.63, 3.8) is 0 Å². The molecule has 0 bridgehead atoms. The predicted molar refractivity (Wildman–Crippen MR) is 104 cm³/mol. The number of carbonyl (C=O) groups excluding carboxylic acids is 1. The van der Waals surface area contributed by atoms with Crippen LogP contribution in [0.2, 0.25) is 0 Å². The van der Waals surface area contributed by atoms with Gasteiger partial charge in [-0.05, 0) is 24.1 Å². The number of H-pyrrole nitrogens is 1. The predicted octanol–water partition coefficient (Wildman–Crippen LogP) is 4.93. The number of nitrogens with zero attached hydrogens (tertiary/aromatic N) is 2. The summed E-state index contributed by atoms with van der Waals surface area (Å²) < 4.78 is 0. The van der Waals surface area contributed by atoms with Crippen molar-refractivity contribution in [1.82, 2.24) is 15.0 Å². The number of imidazole rings is 1. The molecule has 128 valence electrons. The Kier molecular flexibility index (Phi) is 4.46. The highest BCUT2D eigenvalue weighted by molar-refractivity contribution is 7.07. The van der Waals surface area contributed by atoms with Crippen molar-refractivity contribution in [2.45, 2.75) is 13.3 Å². The minimum Gasteiger partial charge on any atom is -0.338 e. The lowest BCUT2D eigenvalue weighted by atomic mass is 10.0. The van der Waals surface area contributed by atoms with Crippen molar-refractivity contribution in [3.05, 3.63) is 82.4 Å². The molecule has 2 aromatic heterocycles. The highest BCUT2D eigenvalue weighted by Crippen LogP contribution is 2.23. The molecular formula is C21H17N3OS. The number of thiazole rings is 1. The average molecular weight is 359 g/mol. The number of Topliss-reactive ketones (excluding diaryl/α,β-unsaturated/α-hetero) is 1. The molecule has 0 spiro atoms. The van der Waals surface area contributed by atoms with E-state index in [2.05, 4.69) is 34.0 Å². The van der Waals surface area contributed by atoms with Crippen LogP contribution >= 0.6 is 11.3 Å². The Labute approximate surface area is 155 Å². The van der Waals surface area contributed by atoms with Crippen molar-refractivity contribution in [2.75, 3.05) is 0 Å². The molecule has 1 N–H and O–H groups in total. The number of nitrogens with one attached hydrogen (secondary N) is 1. The van der Waals surface area contributed by atoms with E-state index >= 15 is 0 Å². The third kappa shape index (κ3) is 3.48. The summed E-state index contributed by atoms with van der Waals surface area (Å²) in [7, 11) is 0. The topological polar surface area (TPSA) is 58.6 Å². The van der Waals surface area contributed by atoms with Gasteiger partial charge in [0, 0.05) is 17.4 Å². The van der Waals surface area contributed by atoms with Gasteiger partial charge in [-0.25, -0.2) is 9.97 Å². The monoisotopic (exact) mass is 359 g/mol. The van der Waals surface area contributed by atoms with Gasteiger partial charge in [-0.2, -0.15) is 0 Å². The van der Waals surface area contributed by atoms with Gasteiger partial charge in [-0.15, -0.1) is 11.3 Å². The number of hydrogen-bond donors (Lipinski definition) is 1. The Morgan fingerprint density at radius 2 is 1.92 bits per heavy atom. The Bertz CT molecular complexity index is 1030. The average Bonchev–Trinajstić information content (AvgIpc) is 3.35. The van der Waals surface area contributed by atoms with Crippen LogP contribution in [0.1, 0.15) is 21.6 Å². The fraction of sp³-hybridized carbons (Fsp3) is 0.0952. The first kappa shape index (κ1) is 16.4. The molecule has 0 saturated carbocycles. The lowest BCUT2D eigenvalue weighted by Gasteiger charge is -2.02. The number of benzene rings is 2. The van der Waals surface area contributed by atoms with Gasteiger partial charge in [-0.1, -0.05) is 48.0 Å². The lowest BCUT2D eigenvalue weighted by Crippen LogP contribution is -2.03. The molecule has 4 rings (SSSR count). The van der Waals surface area contributed by atoms with Gasteiger partial charge < -0.3 is 4.98 Å². The summed E-state index contributed by atoms with van der Waals surface area (Å²) in [6, 6.07) is 16.2. The van der Waals surface area contributed by atoms with E-state index in [1.165, 1.54) is 16.9 Å². The summed E-state index contributed by atoms with van der Waals surface area (Å²) in [6.07, 6.45) is 2.20. The molecular weight excluding hydrogens is 342 g/mol. The van der Waals surface area contributed by atoms with Gasteiger partial charge >= 0.3 is 0 Å². The molecule has 0 aliphatic rings. The smallest absolute Gasteiger partial charge is 0.186 e. The van der Waals surface area contributed by atoms with Crippen molar-refractivity contribution >= 4 is 17.1 Å². The second-order valence-electron chi connectivity index (χ2n) is 6.19. The standard InChI is InChI=1S/C21H17N3OS/c1-14-3-2-4-17(9-14)21-22-11-18(24-21)16-7-5-15(6-8-16)10-20(25)19-12-26-13-23-19/h2-9,11-13H,10H2,1H3,(H,22,24). The summed E-state index contributed by atoms with van der Waals surface area (Å²) in [5.74, 6) is 0.897. The minimum atomic E-state index is 0.0438. The van der Waals surface area contributed by atoms with Crippen molar-refractivity contribution in [3.8, 4) is 22.6 Å². The number of aromatic amines is 1. The number of aromatic nitrogens is 3. The van der Waals surface area contributed by atoms with E-state index in [4.69, 9.17) is 0 Å². The van der Waals surface area contributed by atoms with Crippen LogP contribution in [0.15, 0.2) is 65.6 Å². The minimum absolute atomic E-state index is 0.0438. The lowest BCUT2D eigenvalue weighted by molar-refractivity contribution is 0.0989. The van der Waals surface area contributed by atoms with Gasteiger partial charge in [0.15, 0.2) is 5.78 Å². The molecule has 0 fully saturated rings. The quantitative estimate of drug-likeness (QED) is 0.514. The van der Waals surface area contributed by atoms with E-state index in [-0.39, 0.29) is 5.78 Å². The molecule has 26 heavy (non-hydrogen) atoms. The summed E-state index contributed by atoms with van der Waals surface area (Å²) in [5, 5.41) is 1.79. The van der Waals surface area contributed by atoms with Crippen LogP contribution in [-0.2, 0) is 6.42 Å².